The molecule has 0 unspecified atom stereocenters. The quantitative estimate of drug-likeness (QED) is 0.363. The van der Waals surface area contributed by atoms with Gasteiger partial charge in [-0.05, 0) is 39.1 Å². The molecule has 2 heterocycles. The Morgan fingerprint density at radius 3 is 2.77 bits per heavy atom. The summed E-state index contributed by atoms with van der Waals surface area (Å²) in [4.78, 5) is 7.05. The summed E-state index contributed by atoms with van der Waals surface area (Å²) in [6.45, 7) is 5.37. The molecule has 3 aromatic rings. The summed E-state index contributed by atoms with van der Waals surface area (Å²) in [5.74, 6) is 2.69. The summed E-state index contributed by atoms with van der Waals surface area (Å²) in [5, 5.41) is 13.2. The first-order chi connectivity index (χ1) is 14.6. The lowest BCUT2D eigenvalue weighted by Gasteiger charge is -2.23. The van der Waals surface area contributed by atoms with E-state index in [1.807, 2.05) is 18.2 Å². The minimum Gasteiger partial charge on any atom is -0.497 e. The lowest BCUT2D eigenvalue weighted by molar-refractivity contribution is 0.270. The third-order valence-corrected chi connectivity index (χ3v) is 6.95. The van der Waals surface area contributed by atoms with Crippen LogP contribution in [0.2, 0.25) is 0 Å². The zero-order valence-corrected chi connectivity index (χ0v) is 20.1. The zero-order chi connectivity index (χ0) is 21.5. The minimum absolute atomic E-state index is 0.280. The monoisotopic (exact) mass is 445 g/mol. The van der Waals surface area contributed by atoms with Gasteiger partial charge in [0.2, 0.25) is 0 Å². The number of thiazole rings is 1. The molecule has 3 rings (SSSR count). The molecule has 0 spiro atoms. The number of rotatable bonds is 11. The lowest BCUT2D eigenvalue weighted by Crippen LogP contribution is -2.23. The Bertz CT molecular complexity index is 937. The van der Waals surface area contributed by atoms with Crippen LogP contribution < -0.4 is 4.74 Å². The maximum atomic E-state index is 5.33. The first-order valence-corrected chi connectivity index (χ1v) is 12.2. The average Bonchev–Trinajstić information content (AvgIpc) is 3.38. The molecular formula is C22H31N5OS2. The average molecular weight is 446 g/mol. The van der Waals surface area contributed by atoms with Crippen LogP contribution in [0.25, 0.3) is 10.6 Å². The molecule has 2 aromatic heterocycles. The molecule has 0 bridgehead atoms. The van der Waals surface area contributed by atoms with E-state index in [0.29, 0.717) is 0 Å². The number of unbranched alkanes of at least 4 members (excludes halogenated alkanes) is 1. The van der Waals surface area contributed by atoms with Crippen LogP contribution in [0.1, 0.15) is 50.7 Å². The van der Waals surface area contributed by atoms with E-state index in [1.165, 1.54) is 0 Å². The Balaban J connectivity index is 1.75. The van der Waals surface area contributed by atoms with Gasteiger partial charge in [-0.25, -0.2) is 4.98 Å². The number of hydrogen-bond donors (Lipinski definition) is 0. The predicted octanol–water partition coefficient (Wildman–Crippen LogP) is 5.52. The van der Waals surface area contributed by atoms with Crippen LogP contribution in [0.15, 0.2) is 34.8 Å². The Morgan fingerprint density at radius 1 is 1.23 bits per heavy atom. The smallest absolute Gasteiger partial charge is 0.191 e. The maximum absolute atomic E-state index is 5.33. The van der Waals surface area contributed by atoms with E-state index in [2.05, 4.69) is 59.1 Å². The van der Waals surface area contributed by atoms with Crippen molar-refractivity contribution in [3.63, 3.8) is 0 Å². The van der Waals surface area contributed by atoms with E-state index in [4.69, 9.17) is 9.72 Å². The van der Waals surface area contributed by atoms with Gasteiger partial charge in [-0.15, -0.1) is 21.5 Å². The molecule has 1 aromatic carbocycles. The van der Waals surface area contributed by atoms with Crippen molar-refractivity contribution >= 4 is 23.1 Å². The first kappa shape index (κ1) is 22.8. The highest BCUT2D eigenvalue weighted by molar-refractivity contribution is 7.98. The third kappa shape index (κ3) is 5.42. The van der Waals surface area contributed by atoms with E-state index in [1.54, 1.807) is 30.2 Å². The standard InChI is InChI=1S/C22H31N5OS2/c1-6-8-12-27-20(19(7-2)26(3)4)24-25-22(27)30-15-17-14-29-21(23-17)16-10-9-11-18(13-16)28-5/h9-11,13-14,19H,6-8,12,15H2,1-5H3/t19-/m1/s1. The number of methoxy groups -OCH3 is 1. The highest BCUT2D eigenvalue weighted by Crippen LogP contribution is 2.31. The molecule has 0 amide bonds. The fraction of sp³-hybridized carbons (Fsp3) is 0.500. The zero-order valence-electron chi connectivity index (χ0n) is 18.5. The lowest BCUT2D eigenvalue weighted by atomic mass is 10.2. The van der Waals surface area contributed by atoms with Crippen LogP contribution >= 0.6 is 23.1 Å². The Labute approximate surface area is 187 Å². The van der Waals surface area contributed by atoms with Crippen molar-refractivity contribution in [2.75, 3.05) is 21.2 Å². The van der Waals surface area contributed by atoms with Crippen molar-refractivity contribution in [3.05, 3.63) is 41.2 Å². The van der Waals surface area contributed by atoms with Crippen LogP contribution in [0.4, 0.5) is 0 Å². The Morgan fingerprint density at radius 2 is 2.07 bits per heavy atom. The maximum Gasteiger partial charge on any atom is 0.191 e. The molecule has 0 saturated heterocycles. The van der Waals surface area contributed by atoms with Crippen molar-refractivity contribution in [2.24, 2.45) is 0 Å². The van der Waals surface area contributed by atoms with Crippen molar-refractivity contribution in [3.8, 4) is 16.3 Å². The second kappa shape index (κ2) is 10.9. The molecule has 6 nitrogen and oxygen atoms in total. The van der Waals surface area contributed by atoms with Crippen molar-refractivity contribution < 1.29 is 4.74 Å². The summed E-state index contributed by atoms with van der Waals surface area (Å²) in [6, 6.07) is 8.32. The van der Waals surface area contributed by atoms with Gasteiger partial charge in [-0.3, -0.25) is 4.90 Å². The number of nitrogens with zero attached hydrogens (tertiary/aromatic N) is 5. The number of thioether (sulfide) groups is 1. The fourth-order valence-electron chi connectivity index (χ4n) is 3.36. The molecule has 162 valence electrons. The van der Waals surface area contributed by atoms with Gasteiger partial charge in [0.1, 0.15) is 10.8 Å². The molecule has 1 atom stereocenters. The molecule has 30 heavy (non-hydrogen) atoms. The molecule has 0 fully saturated rings. The highest BCUT2D eigenvalue weighted by atomic mass is 32.2. The van der Waals surface area contributed by atoms with Crippen LogP contribution in [0.5, 0.6) is 5.75 Å². The van der Waals surface area contributed by atoms with Gasteiger partial charge in [0.05, 0.1) is 18.8 Å². The number of hydrogen-bond acceptors (Lipinski definition) is 7. The first-order valence-electron chi connectivity index (χ1n) is 10.4. The number of aromatic nitrogens is 4. The summed E-state index contributed by atoms with van der Waals surface area (Å²) < 4.78 is 7.64. The highest BCUT2D eigenvalue weighted by Gasteiger charge is 2.22. The van der Waals surface area contributed by atoms with Crippen LogP contribution in [-0.4, -0.2) is 45.9 Å². The second-order valence-corrected chi connectivity index (χ2v) is 9.20. The molecule has 0 aliphatic rings. The molecule has 8 heteroatoms. The number of benzene rings is 1. The minimum atomic E-state index is 0.280. The van der Waals surface area contributed by atoms with Crippen LogP contribution in [0.3, 0.4) is 0 Å². The van der Waals surface area contributed by atoms with Crippen molar-refractivity contribution in [1.82, 2.24) is 24.6 Å². The fourth-order valence-corrected chi connectivity index (χ4v) is 5.15. The summed E-state index contributed by atoms with van der Waals surface area (Å²) in [6.07, 6.45) is 3.29. The molecule has 0 aliphatic carbocycles. The largest absolute Gasteiger partial charge is 0.497 e. The predicted molar refractivity (Wildman–Crippen MR) is 125 cm³/mol. The van der Waals surface area contributed by atoms with E-state index in [0.717, 1.165) is 64.6 Å². The van der Waals surface area contributed by atoms with E-state index < -0.39 is 0 Å². The SMILES string of the molecule is CCCCn1c(SCc2csc(-c3cccc(OC)c3)n2)nnc1[C@@H](CC)N(C)C. The van der Waals surface area contributed by atoms with E-state index in [-0.39, 0.29) is 6.04 Å². The van der Waals surface area contributed by atoms with E-state index in [9.17, 15) is 0 Å². The van der Waals surface area contributed by atoms with Gasteiger partial charge in [0.25, 0.3) is 0 Å². The summed E-state index contributed by atoms with van der Waals surface area (Å²) in [5.41, 5.74) is 2.15. The van der Waals surface area contributed by atoms with Crippen molar-refractivity contribution in [2.45, 2.75) is 56.6 Å². The molecule has 0 N–H and O–H groups in total. The molecular weight excluding hydrogens is 414 g/mol. The van der Waals surface area contributed by atoms with Crippen LogP contribution in [-0.2, 0) is 12.3 Å². The van der Waals surface area contributed by atoms with Crippen molar-refractivity contribution in [1.29, 1.82) is 0 Å². The Hall–Kier alpha value is -1.90. The summed E-state index contributed by atoms with van der Waals surface area (Å²) >= 11 is 3.38. The van der Waals surface area contributed by atoms with Gasteiger partial charge >= 0.3 is 0 Å². The van der Waals surface area contributed by atoms with Gasteiger partial charge in [0.15, 0.2) is 11.0 Å². The normalized spacial score (nSPS) is 12.5. The summed E-state index contributed by atoms with van der Waals surface area (Å²) in [7, 11) is 5.90. The van der Waals surface area contributed by atoms with Gasteiger partial charge in [-0.2, -0.15) is 0 Å². The molecule has 0 saturated carbocycles. The second-order valence-electron chi connectivity index (χ2n) is 7.40. The van der Waals surface area contributed by atoms with E-state index >= 15 is 0 Å². The van der Waals surface area contributed by atoms with Gasteiger partial charge in [-0.1, -0.05) is 44.2 Å². The van der Waals surface area contributed by atoms with Gasteiger partial charge < -0.3 is 9.30 Å². The topological polar surface area (TPSA) is 56.1 Å². The number of ether oxygens (including phenoxy) is 1. The Kier molecular flexibility index (Phi) is 8.30. The third-order valence-electron chi connectivity index (χ3n) is 5.01. The molecule has 0 radical (unpaired) electrons. The van der Waals surface area contributed by atoms with Crippen LogP contribution in [0, 0.1) is 0 Å². The molecule has 0 aliphatic heterocycles. The van der Waals surface area contributed by atoms with Gasteiger partial charge in [0, 0.05) is 23.2 Å².